The maximum Gasteiger partial charge on any atom is 0.257 e. The highest BCUT2D eigenvalue weighted by Gasteiger charge is 2.11. The van der Waals surface area contributed by atoms with Crippen LogP contribution in [0.2, 0.25) is 0 Å². The van der Waals surface area contributed by atoms with Gasteiger partial charge in [0, 0.05) is 23.4 Å². The predicted octanol–water partition coefficient (Wildman–Crippen LogP) is 3.45. The van der Waals surface area contributed by atoms with Gasteiger partial charge in [0.25, 0.3) is 5.91 Å². The van der Waals surface area contributed by atoms with Gasteiger partial charge in [-0.05, 0) is 36.8 Å². The standard InChI is InChI=1S/C14H14BrN3O/c1-9-7-10(15)3-4-12(9)18-14(19)11-5-6-17-8-13(11)16-2/h3-8,16H,1-2H3,(H,18,19). The lowest BCUT2D eigenvalue weighted by molar-refractivity contribution is 0.102. The Morgan fingerprint density at radius 1 is 1.26 bits per heavy atom. The van der Waals surface area contributed by atoms with Crippen LogP contribution < -0.4 is 10.6 Å². The minimum atomic E-state index is -0.155. The van der Waals surface area contributed by atoms with E-state index in [-0.39, 0.29) is 5.91 Å². The second kappa shape index (κ2) is 5.84. The van der Waals surface area contributed by atoms with Crippen LogP contribution >= 0.6 is 15.9 Å². The summed E-state index contributed by atoms with van der Waals surface area (Å²) in [5, 5.41) is 5.86. The van der Waals surface area contributed by atoms with Gasteiger partial charge in [0.2, 0.25) is 0 Å². The predicted molar refractivity (Wildman–Crippen MR) is 80.6 cm³/mol. The number of hydrogen-bond acceptors (Lipinski definition) is 3. The molecular weight excluding hydrogens is 306 g/mol. The van der Waals surface area contributed by atoms with E-state index in [1.807, 2.05) is 25.1 Å². The molecule has 0 radical (unpaired) electrons. The Morgan fingerprint density at radius 2 is 2.05 bits per heavy atom. The van der Waals surface area contributed by atoms with Crippen LogP contribution in [-0.2, 0) is 0 Å². The molecule has 0 saturated carbocycles. The van der Waals surface area contributed by atoms with Gasteiger partial charge < -0.3 is 10.6 Å². The molecule has 2 aromatic rings. The summed E-state index contributed by atoms with van der Waals surface area (Å²) in [5.41, 5.74) is 3.07. The molecule has 1 aromatic heterocycles. The molecule has 19 heavy (non-hydrogen) atoms. The van der Waals surface area contributed by atoms with E-state index < -0.39 is 0 Å². The first-order chi connectivity index (χ1) is 9.11. The first-order valence-corrected chi connectivity index (χ1v) is 6.60. The third-order valence-electron chi connectivity index (χ3n) is 2.77. The molecular formula is C14H14BrN3O. The molecule has 0 unspecified atom stereocenters. The van der Waals surface area contributed by atoms with Crippen molar-refractivity contribution in [2.45, 2.75) is 6.92 Å². The topological polar surface area (TPSA) is 54.0 Å². The minimum Gasteiger partial charge on any atom is -0.386 e. The average Bonchev–Trinajstić information content (AvgIpc) is 2.41. The van der Waals surface area contributed by atoms with Gasteiger partial charge in [-0.1, -0.05) is 15.9 Å². The van der Waals surface area contributed by atoms with Crippen molar-refractivity contribution in [3.63, 3.8) is 0 Å². The Balaban J connectivity index is 2.26. The number of carbonyl (C=O) groups is 1. The van der Waals surface area contributed by atoms with Gasteiger partial charge in [-0.3, -0.25) is 9.78 Å². The molecule has 1 amide bonds. The minimum absolute atomic E-state index is 0.155. The molecule has 2 N–H and O–H groups in total. The lowest BCUT2D eigenvalue weighted by atomic mass is 10.1. The molecule has 0 bridgehead atoms. The number of rotatable bonds is 3. The molecule has 0 aliphatic rings. The Hall–Kier alpha value is -1.88. The van der Waals surface area contributed by atoms with Gasteiger partial charge in [0.05, 0.1) is 17.4 Å². The number of aromatic nitrogens is 1. The molecule has 0 aliphatic heterocycles. The smallest absolute Gasteiger partial charge is 0.257 e. The van der Waals surface area contributed by atoms with Crippen molar-refractivity contribution in [1.82, 2.24) is 4.98 Å². The van der Waals surface area contributed by atoms with Gasteiger partial charge in [0.15, 0.2) is 0 Å². The van der Waals surface area contributed by atoms with Gasteiger partial charge in [-0.2, -0.15) is 0 Å². The monoisotopic (exact) mass is 319 g/mol. The number of aryl methyl sites for hydroxylation is 1. The summed E-state index contributed by atoms with van der Waals surface area (Å²) >= 11 is 3.40. The van der Waals surface area contributed by atoms with Crippen molar-refractivity contribution in [3.8, 4) is 0 Å². The Labute approximate surface area is 120 Å². The van der Waals surface area contributed by atoms with E-state index in [4.69, 9.17) is 0 Å². The van der Waals surface area contributed by atoms with E-state index in [2.05, 4.69) is 31.5 Å². The van der Waals surface area contributed by atoms with Crippen molar-refractivity contribution < 1.29 is 4.79 Å². The summed E-state index contributed by atoms with van der Waals surface area (Å²) in [4.78, 5) is 16.2. The zero-order chi connectivity index (χ0) is 13.8. The number of carbonyl (C=O) groups excluding carboxylic acids is 1. The number of amides is 1. The van der Waals surface area contributed by atoms with Crippen molar-refractivity contribution in [2.24, 2.45) is 0 Å². The molecule has 98 valence electrons. The zero-order valence-electron chi connectivity index (χ0n) is 10.7. The van der Waals surface area contributed by atoms with Crippen molar-refractivity contribution >= 4 is 33.2 Å². The van der Waals surface area contributed by atoms with Crippen LogP contribution in [0.3, 0.4) is 0 Å². The normalized spacial score (nSPS) is 10.1. The molecule has 0 fully saturated rings. The number of anilines is 2. The summed E-state index contributed by atoms with van der Waals surface area (Å²) in [6.07, 6.45) is 3.23. The summed E-state index contributed by atoms with van der Waals surface area (Å²) < 4.78 is 0.989. The molecule has 0 spiro atoms. The van der Waals surface area contributed by atoms with E-state index in [1.54, 1.807) is 25.5 Å². The number of hydrogen-bond donors (Lipinski definition) is 2. The third kappa shape index (κ3) is 3.12. The van der Waals surface area contributed by atoms with Crippen LogP contribution in [0.15, 0.2) is 41.1 Å². The van der Waals surface area contributed by atoms with Crippen LogP contribution in [-0.4, -0.2) is 17.9 Å². The fourth-order valence-electron chi connectivity index (χ4n) is 1.75. The van der Waals surface area contributed by atoms with Gasteiger partial charge in [-0.15, -0.1) is 0 Å². The molecule has 1 heterocycles. The lowest BCUT2D eigenvalue weighted by Gasteiger charge is -2.11. The number of benzene rings is 1. The summed E-state index contributed by atoms with van der Waals surface area (Å²) in [5.74, 6) is -0.155. The highest BCUT2D eigenvalue weighted by molar-refractivity contribution is 9.10. The van der Waals surface area contributed by atoms with Gasteiger partial charge in [0.1, 0.15) is 0 Å². The average molecular weight is 320 g/mol. The second-order valence-electron chi connectivity index (χ2n) is 4.08. The van der Waals surface area contributed by atoms with Crippen molar-refractivity contribution in [2.75, 3.05) is 17.7 Å². The van der Waals surface area contributed by atoms with Crippen molar-refractivity contribution in [1.29, 1.82) is 0 Å². The Morgan fingerprint density at radius 3 is 2.74 bits per heavy atom. The van der Waals surface area contributed by atoms with E-state index in [0.717, 1.165) is 15.7 Å². The summed E-state index contributed by atoms with van der Waals surface area (Å²) in [6.45, 7) is 1.95. The first kappa shape index (κ1) is 13.5. The fraction of sp³-hybridized carbons (Fsp3) is 0.143. The molecule has 1 aromatic carbocycles. The zero-order valence-corrected chi connectivity index (χ0v) is 12.3. The number of pyridine rings is 1. The van der Waals surface area contributed by atoms with Crippen molar-refractivity contribution in [3.05, 3.63) is 52.3 Å². The Bertz CT molecular complexity index is 613. The molecule has 0 aliphatic carbocycles. The Kier molecular flexibility index (Phi) is 4.16. The second-order valence-corrected chi connectivity index (χ2v) is 5.00. The maximum atomic E-state index is 12.2. The lowest BCUT2D eigenvalue weighted by Crippen LogP contribution is -2.14. The van der Waals surface area contributed by atoms with Crippen LogP contribution in [0.4, 0.5) is 11.4 Å². The third-order valence-corrected chi connectivity index (χ3v) is 3.26. The van der Waals surface area contributed by atoms with E-state index in [9.17, 15) is 4.79 Å². The summed E-state index contributed by atoms with van der Waals surface area (Å²) in [6, 6.07) is 7.42. The van der Waals surface area contributed by atoms with Crippen LogP contribution in [0.25, 0.3) is 0 Å². The van der Waals surface area contributed by atoms with Gasteiger partial charge in [-0.25, -0.2) is 0 Å². The molecule has 0 atom stereocenters. The molecule has 0 saturated heterocycles. The highest BCUT2D eigenvalue weighted by Crippen LogP contribution is 2.21. The quantitative estimate of drug-likeness (QED) is 0.911. The maximum absolute atomic E-state index is 12.2. The molecule has 2 rings (SSSR count). The van der Waals surface area contributed by atoms with E-state index >= 15 is 0 Å². The number of nitrogens with one attached hydrogen (secondary N) is 2. The van der Waals surface area contributed by atoms with Gasteiger partial charge >= 0.3 is 0 Å². The fourth-order valence-corrected chi connectivity index (χ4v) is 2.22. The van der Waals surface area contributed by atoms with Crippen LogP contribution in [0.1, 0.15) is 15.9 Å². The number of nitrogens with zero attached hydrogens (tertiary/aromatic N) is 1. The summed E-state index contributed by atoms with van der Waals surface area (Å²) in [7, 11) is 1.76. The molecule has 5 heteroatoms. The largest absolute Gasteiger partial charge is 0.386 e. The number of halogens is 1. The SMILES string of the molecule is CNc1cnccc1C(=O)Nc1ccc(Br)cc1C. The van der Waals surface area contributed by atoms with E-state index in [0.29, 0.717) is 11.3 Å². The molecule has 4 nitrogen and oxygen atoms in total. The highest BCUT2D eigenvalue weighted by atomic mass is 79.9. The van der Waals surface area contributed by atoms with E-state index in [1.165, 1.54) is 0 Å². The first-order valence-electron chi connectivity index (χ1n) is 5.81. The van der Waals surface area contributed by atoms with Crippen LogP contribution in [0, 0.1) is 6.92 Å². The van der Waals surface area contributed by atoms with Crippen LogP contribution in [0.5, 0.6) is 0 Å².